The number of hydrogen-bond acceptors (Lipinski definition) is 5. The van der Waals surface area contributed by atoms with Crippen LogP contribution in [0.2, 0.25) is 0 Å². The van der Waals surface area contributed by atoms with Crippen LogP contribution in [0.3, 0.4) is 0 Å². The van der Waals surface area contributed by atoms with E-state index >= 15 is 0 Å². The fourth-order valence-corrected chi connectivity index (χ4v) is 2.76. The van der Waals surface area contributed by atoms with Crippen molar-refractivity contribution in [1.29, 1.82) is 0 Å². The van der Waals surface area contributed by atoms with Crippen LogP contribution in [-0.2, 0) is 4.74 Å². The minimum atomic E-state index is 0.146. The predicted molar refractivity (Wildman–Crippen MR) is 79.8 cm³/mol. The minimum absolute atomic E-state index is 0.146. The van der Waals surface area contributed by atoms with Crippen LogP contribution in [0.15, 0.2) is 34.9 Å². The first-order chi connectivity index (χ1) is 10.3. The molecule has 1 aromatic heterocycles. The van der Waals surface area contributed by atoms with Crippen LogP contribution in [0, 0.1) is 0 Å². The first-order valence-electron chi connectivity index (χ1n) is 7.44. The zero-order valence-corrected chi connectivity index (χ0v) is 12.5. The zero-order chi connectivity index (χ0) is 14.7. The number of likely N-dealkylation sites (tertiary alicyclic amines) is 1. The van der Waals surface area contributed by atoms with E-state index in [2.05, 4.69) is 22.0 Å². The molecule has 5 heteroatoms. The molecule has 1 saturated heterocycles. The average molecular weight is 287 g/mol. The summed E-state index contributed by atoms with van der Waals surface area (Å²) in [5, 5.41) is 4.10. The van der Waals surface area contributed by atoms with Gasteiger partial charge < -0.3 is 9.26 Å². The van der Waals surface area contributed by atoms with Gasteiger partial charge in [-0.1, -0.05) is 35.5 Å². The molecule has 0 radical (unpaired) electrons. The van der Waals surface area contributed by atoms with Gasteiger partial charge in [0.25, 0.3) is 0 Å². The van der Waals surface area contributed by atoms with Crippen LogP contribution in [-0.4, -0.2) is 41.3 Å². The molecule has 1 fully saturated rings. The number of rotatable bonds is 4. The lowest BCUT2D eigenvalue weighted by Crippen LogP contribution is -2.38. The summed E-state index contributed by atoms with van der Waals surface area (Å²) >= 11 is 0. The summed E-state index contributed by atoms with van der Waals surface area (Å²) in [6, 6.07) is 10.1. The maximum atomic E-state index is 5.45. The summed E-state index contributed by atoms with van der Waals surface area (Å²) in [7, 11) is 1.79. The zero-order valence-electron chi connectivity index (χ0n) is 12.5. The van der Waals surface area contributed by atoms with Crippen molar-refractivity contribution in [2.75, 3.05) is 20.2 Å². The molecule has 3 rings (SSSR count). The topological polar surface area (TPSA) is 51.4 Å². The van der Waals surface area contributed by atoms with Crippen molar-refractivity contribution in [3.05, 3.63) is 36.2 Å². The summed E-state index contributed by atoms with van der Waals surface area (Å²) < 4.78 is 10.9. The molecular formula is C16H21N3O2. The Bertz CT molecular complexity index is 562. The summed E-state index contributed by atoms with van der Waals surface area (Å²) in [4.78, 5) is 6.92. The number of benzene rings is 1. The van der Waals surface area contributed by atoms with Crippen LogP contribution < -0.4 is 0 Å². The Balaban J connectivity index is 1.69. The van der Waals surface area contributed by atoms with Gasteiger partial charge in [0.15, 0.2) is 0 Å². The van der Waals surface area contributed by atoms with Crippen molar-refractivity contribution in [3.8, 4) is 11.4 Å². The number of methoxy groups -OCH3 is 1. The second-order valence-corrected chi connectivity index (χ2v) is 5.47. The van der Waals surface area contributed by atoms with Gasteiger partial charge in [0.05, 0.1) is 12.1 Å². The Kier molecular flexibility index (Phi) is 4.31. The van der Waals surface area contributed by atoms with Gasteiger partial charge in [-0.05, 0) is 19.8 Å². The average Bonchev–Trinajstić information content (AvgIpc) is 3.05. The molecule has 5 nitrogen and oxygen atoms in total. The lowest BCUT2D eigenvalue weighted by molar-refractivity contribution is 0.0247. The van der Waals surface area contributed by atoms with E-state index in [9.17, 15) is 0 Å². The Morgan fingerprint density at radius 1 is 1.24 bits per heavy atom. The maximum Gasteiger partial charge on any atom is 0.244 e. The molecule has 0 N–H and O–H groups in total. The highest BCUT2D eigenvalue weighted by atomic mass is 16.5. The van der Waals surface area contributed by atoms with Crippen molar-refractivity contribution in [2.45, 2.75) is 31.9 Å². The molecule has 1 aliphatic rings. The Labute approximate surface area is 124 Å². The number of ether oxygens (including phenoxy) is 1. The normalized spacial score (nSPS) is 18.8. The molecule has 1 aliphatic heterocycles. The molecule has 21 heavy (non-hydrogen) atoms. The molecule has 1 atom stereocenters. The van der Waals surface area contributed by atoms with E-state index in [1.165, 1.54) is 0 Å². The first-order valence-corrected chi connectivity index (χ1v) is 7.44. The van der Waals surface area contributed by atoms with Crippen LogP contribution >= 0.6 is 0 Å². The van der Waals surface area contributed by atoms with E-state index in [4.69, 9.17) is 9.26 Å². The summed E-state index contributed by atoms with van der Waals surface area (Å²) in [6.07, 6.45) is 2.50. The molecular weight excluding hydrogens is 266 g/mol. The van der Waals surface area contributed by atoms with Crippen LogP contribution in [0.1, 0.15) is 31.7 Å². The fraction of sp³-hybridized carbons (Fsp3) is 0.500. The lowest BCUT2D eigenvalue weighted by Gasteiger charge is -2.33. The van der Waals surface area contributed by atoms with E-state index < -0.39 is 0 Å². The molecule has 0 saturated carbocycles. The largest absolute Gasteiger partial charge is 0.381 e. The summed E-state index contributed by atoms with van der Waals surface area (Å²) in [5.41, 5.74) is 0.984. The highest BCUT2D eigenvalue weighted by Crippen LogP contribution is 2.25. The highest BCUT2D eigenvalue weighted by molar-refractivity contribution is 5.53. The second kappa shape index (κ2) is 6.37. The number of aromatic nitrogens is 2. The lowest BCUT2D eigenvalue weighted by atomic mass is 10.1. The Morgan fingerprint density at radius 3 is 2.62 bits per heavy atom. The fourth-order valence-electron chi connectivity index (χ4n) is 2.76. The molecule has 1 aromatic carbocycles. The molecule has 112 valence electrons. The van der Waals surface area contributed by atoms with Gasteiger partial charge in [-0.15, -0.1) is 0 Å². The first kappa shape index (κ1) is 14.2. The van der Waals surface area contributed by atoms with Gasteiger partial charge in [-0.3, -0.25) is 4.90 Å². The van der Waals surface area contributed by atoms with Crippen LogP contribution in [0.4, 0.5) is 0 Å². The van der Waals surface area contributed by atoms with Gasteiger partial charge in [0.1, 0.15) is 0 Å². The van der Waals surface area contributed by atoms with Crippen LogP contribution in [0.5, 0.6) is 0 Å². The minimum Gasteiger partial charge on any atom is -0.381 e. The van der Waals surface area contributed by atoms with Crippen molar-refractivity contribution in [1.82, 2.24) is 15.0 Å². The van der Waals surface area contributed by atoms with Gasteiger partial charge in [0, 0.05) is 25.8 Å². The number of nitrogens with zero attached hydrogens (tertiary/aromatic N) is 3. The van der Waals surface area contributed by atoms with Crippen molar-refractivity contribution < 1.29 is 9.26 Å². The van der Waals surface area contributed by atoms with E-state index in [0.29, 0.717) is 17.8 Å². The summed E-state index contributed by atoms with van der Waals surface area (Å²) in [5.74, 6) is 1.34. The monoisotopic (exact) mass is 287 g/mol. The number of hydrogen-bond donors (Lipinski definition) is 0. The standard InChI is InChI=1S/C16H21N3O2/c1-12(19-10-8-14(20-2)9-11-19)16-17-15(18-21-16)13-6-4-3-5-7-13/h3-7,12,14H,8-11H2,1-2H3/t12-/m0/s1. The Morgan fingerprint density at radius 2 is 1.95 bits per heavy atom. The van der Waals surface area contributed by atoms with E-state index in [1.807, 2.05) is 30.3 Å². The van der Waals surface area contributed by atoms with Crippen molar-refractivity contribution in [3.63, 3.8) is 0 Å². The SMILES string of the molecule is COC1CCN([C@@H](C)c2nc(-c3ccccc3)no2)CC1. The quantitative estimate of drug-likeness (QED) is 0.865. The van der Waals surface area contributed by atoms with E-state index in [-0.39, 0.29) is 6.04 Å². The third-order valence-corrected chi connectivity index (χ3v) is 4.19. The van der Waals surface area contributed by atoms with Crippen LogP contribution in [0.25, 0.3) is 11.4 Å². The van der Waals surface area contributed by atoms with E-state index in [1.54, 1.807) is 7.11 Å². The highest BCUT2D eigenvalue weighted by Gasteiger charge is 2.26. The molecule has 0 unspecified atom stereocenters. The maximum absolute atomic E-state index is 5.45. The summed E-state index contributed by atoms with van der Waals surface area (Å²) in [6.45, 7) is 4.13. The van der Waals surface area contributed by atoms with Crippen molar-refractivity contribution >= 4 is 0 Å². The van der Waals surface area contributed by atoms with Gasteiger partial charge in [0.2, 0.25) is 11.7 Å². The molecule has 0 amide bonds. The number of piperidine rings is 1. The van der Waals surface area contributed by atoms with E-state index in [0.717, 1.165) is 31.5 Å². The molecule has 2 aromatic rings. The Hall–Kier alpha value is -1.72. The molecule has 0 spiro atoms. The predicted octanol–water partition coefficient (Wildman–Crippen LogP) is 2.91. The molecule has 2 heterocycles. The molecule has 0 aliphatic carbocycles. The molecule has 0 bridgehead atoms. The third kappa shape index (κ3) is 3.14. The van der Waals surface area contributed by atoms with Crippen molar-refractivity contribution in [2.24, 2.45) is 0 Å². The van der Waals surface area contributed by atoms with Gasteiger partial charge in [-0.2, -0.15) is 4.98 Å². The third-order valence-electron chi connectivity index (χ3n) is 4.19. The van der Waals surface area contributed by atoms with Gasteiger partial charge >= 0.3 is 0 Å². The second-order valence-electron chi connectivity index (χ2n) is 5.47. The smallest absolute Gasteiger partial charge is 0.244 e. The van der Waals surface area contributed by atoms with Gasteiger partial charge in [-0.25, -0.2) is 0 Å².